The van der Waals surface area contributed by atoms with Crippen molar-refractivity contribution in [2.24, 2.45) is 0 Å². The molecular formula is C11H9N3. The molecule has 1 aromatic heterocycles. The number of benzene rings is 1. The predicted octanol–water partition coefficient (Wildman–Crippen LogP) is 2.00. The van der Waals surface area contributed by atoms with Gasteiger partial charge in [0.05, 0.1) is 11.6 Å². The van der Waals surface area contributed by atoms with E-state index in [0.717, 1.165) is 16.3 Å². The molecule has 0 unspecified atom stereocenters. The minimum atomic E-state index is 0.471. The van der Waals surface area contributed by atoms with Crippen molar-refractivity contribution in [1.82, 2.24) is 4.98 Å². The van der Waals surface area contributed by atoms with Gasteiger partial charge in [-0.3, -0.25) is 0 Å². The summed E-state index contributed by atoms with van der Waals surface area (Å²) < 4.78 is 0. The fourth-order valence-corrected chi connectivity index (χ4v) is 1.48. The quantitative estimate of drug-likeness (QED) is 0.679. The number of hydrogen-bond donors (Lipinski definition) is 1. The number of aryl methyl sites for hydroxylation is 1. The number of anilines is 1. The van der Waals surface area contributed by atoms with Gasteiger partial charge in [0.1, 0.15) is 5.82 Å². The number of nitrogens with zero attached hydrogens (tertiary/aromatic N) is 2. The number of hydrogen-bond acceptors (Lipinski definition) is 3. The first kappa shape index (κ1) is 8.52. The maximum atomic E-state index is 8.86. The first-order valence-corrected chi connectivity index (χ1v) is 4.27. The second kappa shape index (κ2) is 3.00. The third-order valence-corrected chi connectivity index (χ3v) is 2.26. The lowest BCUT2D eigenvalue weighted by molar-refractivity contribution is 1.35. The molecule has 0 aliphatic carbocycles. The molecule has 0 radical (unpaired) electrons. The van der Waals surface area contributed by atoms with Crippen LogP contribution in [-0.2, 0) is 0 Å². The number of nitrogen functional groups attached to an aromatic ring is 1. The molecule has 0 saturated heterocycles. The van der Waals surface area contributed by atoms with E-state index < -0.39 is 0 Å². The van der Waals surface area contributed by atoms with Gasteiger partial charge in [-0.25, -0.2) is 4.98 Å². The van der Waals surface area contributed by atoms with Crippen LogP contribution in [0.15, 0.2) is 24.4 Å². The van der Waals surface area contributed by atoms with Crippen LogP contribution in [-0.4, -0.2) is 4.98 Å². The molecule has 14 heavy (non-hydrogen) atoms. The first-order valence-electron chi connectivity index (χ1n) is 4.27. The van der Waals surface area contributed by atoms with E-state index >= 15 is 0 Å². The molecule has 0 aliphatic heterocycles. The average molecular weight is 183 g/mol. The average Bonchev–Trinajstić information content (AvgIpc) is 2.17. The van der Waals surface area contributed by atoms with Gasteiger partial charge >= 0.3 is 0 Å². The van der Waals surface area contributed by atoms with Crippen LogP contribution in [0.5, 0.6) is 0 Å². The van der Waals surface area contributed by atoms with Crippen molar-refractivity contribution in [1.29, 1.82) is 5.26 Å². The van der Waals surface area contributed by atoms with E-state index in [1.807, 2.05) is 19.1 Å². The lowest BCUT2D eigenvalue weighted by Gasteiger charge is -2.03. The molecule has 0 spiro atoms. The minimum absolute atomic E-state index is 0.471. The Hall–Kier alpha value is -2.08. The molecule has 0 amide bonds. The molecule has 0 bridgehead atoms. The highest BCUT2D eigenvalue weighted by Crippen LogP contribution is 2.22. The standard InChI is InChI=1S/C11H9N3/c1-7-4-8-2-3-14-11(13)10(8)5-9(7)6-12/h2-5H,1H3,(H2,13,14). The van der Waals surface area contributed by atoms with Crippen LogP contribution in [0, 0.1) is 18.3 Å². The van der Waals surface area contributed by atoms with Crippen molar-refractivity contribution in [3.63, 3.8) is 0 Å². The Labute approximate surface area is 81.8 Å². The summed E-state index contributed by atoms with van der Waals surface area (Å²) in [7, 11) is 0. The minimum Gasteiger partial charge on any atom is -0.383 e. The van der Waals surface area contributed by atoms with E-state index in [-0.39, 0.29) is 0 Å². The summed E-state index contributed by atoms with van der Waals surface area (Å²) in [6.07, 6.45) is 1.67. The van der Waals surface area contributed by atoms with Gasteiger partial charge in [0.2, 0.25) is 0 Å². The maximum absolute atomic E-state index is 8.86. The van der Waals surface area contributed by atoms with Gasteiger partial charge in [0.25, 0.3) is 0 Å². The topological polar surface area (TPSA) is 62.7 Å². The lowest BCUT2D eigenvalue weighted by Crippen LogP contribution is -1.92. The molecule has 3 nitrogen and oxygen atoms in total. The summed E-state index contributed by atoms with van der Waals surface area (Å²) in [5.41, 5.74) is 7.32. The van der Waals surface area contributed by atoms with Gasteiger partial charge in [0, 0.05) is 11.6 Å². The molecule has 2 rings (SSSR count). The summed E-state index contributed by atoms with van der Waals surface area (Å²) in [5.74, 6) is 0.471. The van der Waals surface area contributed by atoms with E-state index in [4.69, 9.17) is 11.0 Å². The third-order valence-electron chi connectivity index (χ3n) is 2.26. The van der Waals surface area contributed by atoms with E-state index in [9.17, 15) is 0 Å². The fraction of sp³-hybridized carbons (Fsp3) is 0.0909. The Kier molecular flexibility index (Phi) is 1.83. The normalized spacial score (nSPS) is 10.0. The van der Waals surface area contributed by atoms with Crippen molar-refractivity contribution in [3.05, 3.63) is 35.5 Å². The highest BCUT2D eigenvalue weighted by atomic mass is 14.8. The number of pyridine rings is 1. The second-order valence-electron chi connectivity index (χ2n) is 3.20. The monoisotopic (exact) mass is 183 g/mol. The van der Waals surface area contributed by atoms with Gasteiger partial charge in [-0.1, -0.05) is 0 Å². The zero-order valence-electron chi connectivity index (χ0n) is 7.78. The van der Waals surface area contributed by atoms with Crippen LogP contribution in [0.4, 0.5) is 5.82 Å². The number of nitriles is 1. The van der Waals surface area contributed by atoms with Gasteiger partial charge < -0.3 is 5.73 Å². The molecule has 0 saturated carbocycles. The van der Waals surface area contributed by atoms with Crippen molar-refractivity contribution in [2.75, 3.05) is 5.73 Å². The number of fused-ring (bicyclic) bond motifs is 1. The Balaban J connectivity index is 2.89. The number of nitrogens with two attached hydrogens (primary N) is 1. The van der Waals surface area contributed by atoms with Gasteiger partial charge in [-0.15, -0.1) is 0 Å². The van der Waals surface area contributed by atoms with E-state index in [1.54, 1.807) is 12.3 Å². The fourth-order valence-electron chi connectivity index (χ4n) is 1.48. The second-order valence-corrected chi connectivity index (χ2v) is 3.20. The molecule has 0 aliphatic rings. The van der Waals surface area contributed by atoms with E-state index in [0.29, 0.717) is 11.4 Å². The van der Waals surface area contributed by atoms with Crippen LogP contribution in [0.2, 0.25) is 0 Å². The summed E-state index contributed by atoms with van der Waals surface area (Å²) in [6, 6.07) is 7.76. The summed E-state index contributed by atoms with van der Waals surface area (Å²) >= 11 is 0. The maximum Gasteiger partial charge on any atom is 0.131 e. The Morgan fingerprint density at radius 2 is 2.21 bits per heavy atom. The highest BCUT2D eigenvalue weighted by Gasteiger charge is 2.03. The Morgan fingerprint density at radius 1 is 1.43 bits per heavy atom. The predicted molar refractivity (Wildman–Crippen MR) is 55.6 cm³/mol. The van der Waals surface area contributed by atoms with Gasteiger partial charge in [-0.2, -0.15) is 5.26 Å². The third kappa shape index (κ3) is 1.17. The molecule has 1 aromatic carbocycles. The van der Waals surface area contributed by atoms with E-state index in [1.165, 1.54) is 0 Å². The SMILES string of the molecule is Cc1cc2ccnc(N)c2cc1C#N. The first-order chi connectivity index (χ1) is 6.72. The molecule has 0 atom stereocenters. The largest absolute Gasteiger partial charge is 0.383 e. The van der Waals surface area contributed by atoms with Crippen molar-refractivity contribution in [3.8, 4) is 6.07 Å². The molecule has 2 aromatic rings. The molecule has 1 heterocycles. The summed E-state index contributed by atoms with van der Waals surface area (Å²) in [4.78, 5) is 3.98. The number of rotatable bonds is 0. The molecule has 2 N–H and O–H groups in total. The lowest BCUT2D eigenvalue weighted by atomic mass is 10.0. The van der Waals surface area contributed by atoms with Crippen LogP contribution < -0.4 is 5.73 Å². The number of aromatic nitrogens is 1. The smallest absolute Gasteiger partial charge is 0.131 e. The van der Waals surface area contributed by atoms with Crippen molar-refractivity contribution >= 4 is 16.6 Å². The molecule has 3 heteroatoms. The van der Waals surface area contributed by atoms with Crippen LogP contribution >= 0.6 is 0 Å². The van der Waals surface area contributed by atoms with Gasteiger partial charge in [0.15, 0.2) is 0 Å². The zero-order chi connectivity index (χ0) is 10.1. The van der Waals surface area contributed by atoms with Crippen LogP contribution in [0.1, 0.15) is 11.1 Å². The van der Waals surface area contributed by atoms with Crippen molar-refractivity contribution < 1.29 is 0 Å². The molecule has 0 fully saturated rings. The van der Waals surface area contributed by atoms with Crippen molar-refractivity contribution in [2.45, 2.75) is 6.92 Å². The summed E-state index contributed by atoms with van der Waals surface area (Å²) in [6.45, 7) is 1.91. The van der Waals surface area contributed by atoms with Crippen LogP contribution in [0.3, 0.4) is 0 Å². The van der Waals surface area contributed by atoms with Gasteiger partial charge in [-0.05, 0) is 36.1 Å². The summed E-state index contributed by atoms with van der Waals surface area (Å²) in [5, 5.41) is 10.7. The molecular weight excluding hydrogens is 174 g/mol. The Bertz CT molecular complexity index is 538. The zero-order valence-corrected chi connectivity index (χ0v) is 7.78. The Morgan fingerprint density at radius 3 is 2.93 bits per heavy atom. The van der Waals surface area contributed by atoms with Crippen LogP contribution in [0.25, 0.3) is 10.8 Å². The molecule has 68 valence electrons. The van der Waals surface area contributed by atoms with E-state index in [2.05, 4.69) is 11.1 Å². The highest BCUT2D eigenvalue weighted by molar-refractivity contribution is 5.92.